The number of nitrogens with one attached hydrogen (secondary N) is 2. The van der Waals surface area contributed by atoms with Crippen molar-refractivity contribution < 1.29 is 14.6 Å². The predicted octanol–water partition coefficient (Wildman–Crippen LogP) is 2.02. The maximum atomic E-state index is 11.8. The molecular formula is C15H18N2O3S. The summed E-state index contributed by atoms with van der Waals surface area (Å²) in [6.07, 6.45) is -0.675. The van der Waals surface area contributed by atoms with Gasteiger partial charge in [-0.25, -0.2) is 0 Å². The quantitative estimate of drug-likeness (QED) is 0.732. The van der Waals surface area contributed by atoms with Crippen LogP contribution >= 0.6 is 11.3 Å². The lowest BCUT2D eigenvalue weighted by molar-refractivity contribution is -0.119. The maximum Gasteiger partial charge on any atom is 0.239 e. The number of amides is 1. The first-order valence-electron chi connectivity index (χ1n) is 6.54. The van der Waals surface area contributed by atoms with Crippen LogP contribution in [0, 0.1) is 0 Å². The molecule has 0 aliphatic rings. The molecule has 6 heteroatoms. The van der Waals surface area contributed by atoms with Gasteiger partial charge in [0.15, 0.2) is 0 Å². The minimum Gasteiger partial charge on any atom is -0.495 e. The molecule has 0 spiro atoms. The summed E-state index contributed by atoms with van der Waals surface area (Å²) < 4.78 is 5.19. The third-order valence-electron chi connectivity index (χ3n) is 2.97. The number of ether oxygens (including phenoxy) is 1. The fourth-order valence-corrected chi connectivity index (χ4v) is 2.53. The molecule has 1 amide bonds. The van der Waals surface area contributed by atoms with Crippen molar-refractivity contribution >= 4 is 22.9 Å². The molecule has 0 saturated carbocycles. The van der Waals surface area contributed by atoms with Gasteiger partial charge in [0, 0.05) is 6.54 Å². The third kappa shape index (κ3) is 4.47. The lowest BCUT2D eigenvalue weighted by Crippen LogP contribution is -2.33. The normalized spacial score (nSPS) is 11.7. The van der Waals surface area contributed by atoms with E-state index in [-0.39, 0.29) is 19.0 Å². The zero-order valence-corrected chi connectivity index (χ0v) is 12.5. The fraction of sp³-hybridized carbons (Fsp3) is 0.267. The number of carbonyl (C=O) groups is 1. The number of benzene rings is 1. The van der Waals surface area contributed by atoms with E-state index in [9.17, 15) is 9.90 Å². The van der Waals surface area contributed by atoms with Gasteiger partial charge < -0.3 is 20.5 Å². The van der Waals surface area contributed by atoms with Gasteiger partial charge in [-0.3, -0.25) is 4.79 Å². The van der Waals surface area contributed by atoms with Gasteiger partial charge in [0.25, 0.3) is 0 Å². The van der Waals surface area contributed by atoms with Crippen molar-refractivity contribution in [2.75, 3.05) is 25.5 Å². The third-order valence-corrected chi connectivity index (χ3v) is 3.67. The van der Waals surface area contributed by atoms with Crippen LogP contribution in [0.1, 0.15) is 11.7 Å². The first kappa shape index (κ1) is 15.3. The topological polar surface area (TPSA) is 70.6 Å². The number of rotatable bonds is 7. The highest BCUT2D eigenvalue weighted by Crippen LogP contribution is 2.22. The molecule has 1 heterocycles. The summed E-state index contributed by atoms with van der Waals surface area (Å²) in [6, 6.07) is 9.23. The number of hydrogen-bond acceptors (Lipinski definition) is 5. The van der Waals surface area contributed by atoms with Crippen LogP contribution in [-0.2, 0) is 4.79 Å². The number of carbonyl (C=O) groups excluding carboxylic acids is 1. The maximum absolute atomic E-state index is 11.8. The van der Waals surface area contributed by atoms with Crippen LogP contribution in [0.4, 0.5) is 5.69 Å². The molecule has 0 fully saturated rings. The van der Waals surface area contributed by atoms with E-state index in [0.29, 0.717) is 5.75 Å². The molecular weight excluding hydrogens is 288 g/mol. The average Bonchev–Trinajstić information content (AvgIpc) is 3.05. The molecule has 112 valence electrons. The highest BCUT2D eigenvalue weighted by atomic mass is 32.1. The Morgan fingerprint density at radius 2 is 2.19 bits per heavy atom. The molecule has 5 nitrogen and oxygen atoms in total. The Bertz CT molecular complexity index is 572. The monoisotopic (exact) mass is 306 g/mol. The number of para-hydroxylation sites is 2. The second-order valence-corrected chi connectivity index (χ2v) is 5.21. The highest BCUT2D eigenvalue weighted by Gasteiger charge is 2.10. The Labute approximate surface area is 127 Å². The van der Waals surface area contributed by atoms with E-state index < -0.39 is 6.10 Å². The minimum absolute atomic E-state index is 0.122. The molecule has 0 aliphatic heterocycles. The van der Waals surface area contributed by atoms with Crippen molar-refractivity contribution in [3.63, 3.8) is 0 Å². The van der Waals surface area contributed by atoms with E-state index in [2.05, 4.69) is 10.6 Å². The molecule has 0 radical (unpaired) electrons. The van der Waals surface area contributed by atoms with E-state index in [1.165, 1.54) is 11.3 Å². The Hall–Kier alpha value is -2.05. The zero-order chi connectivity index (χ0) is 15.1. The Kier molecular flexibility index (Phi) is 5.59. The molecule has 0 saturated heterocycles. The summed E-state index contributed by atoms with van der Waals surface area (Å²) in [5.74, 6) is 0.499. The van der Waals surface area contributed by atoms with E-state index >= 15 is 0 Å². The number of aliphatic hydroxyl groups is 1. The second kappa shape index (κ2) is 7.66. The summed E-state index contributed by atoms with van der Waals surface area (Å²) in [6.45, 7) is 0.319. The van der Waals surface area contributed by atoms with Crippen molar-refractivity contribution in [1.29, 1.82) is 0 Å². The Balaban J connectivity index is 1.77. The van der Waals surface area contributed by atoms with Crippen LogP contribution in [0.3, 0.4) is 0 Å². The molecule has 2 aromatic rings. The number of thiophene rings is 1. The van der Waals surface area contributed by atoms with Crippen molar-refractivity contribution in [1.82, 2.24) is 5.32 Å². The van der Waals surface area contributed by atoms with Crippen LogP contribution in [0.2, 0.25) is 0 Å². The van der Waals surface area contributed by atoms with Crippen molar-refractivity contribution in [2.45, 2.75) is 6.10 Å². The van der Waals surface area contributed by atoms with Gasteiger partial charge >= 0.3 is 0 Å². The lowest BCUT2D eigenvalue weighted by atomic mass is 10.2. The number of anilines is 1. The first-order valence-corrected chi connectivity index (χ1v) is 7.48. The standard InChI is InChI=1S/C15H18N2O3S/c1-20-14-5-3-2-4-12(14)16-9-15(19)17-8-13(18)11-6-7-21-10-11/h2-7,10,13,16,18H,8-9H2,1H3,(H,17,19)/t13-/m0/s1. The molecule has 1 aromatic carbocycles. The van der Waals surface area contributed by atoms with Crippen LogP contribution in [0.5, 0.6) is 5.75 Å². The van der Waals surface area contributed by atoms with E-state index in [4.69, 9.17) is 4.74 Å². The fourth-order valence-electron chi connectivity index (χ4n) is 1.82. The number of hydrogen-bond donors (Lipinski definition) is 3. The van der Waals surface area contributed by atoms with Gasteiger partial charge in [-0.1, -0.05) is 12.1 Å². The average molecular weight is 306 g/mol. The van der Waals surface area contributed by atoms with Gasteiger partial charge in [-0.15, -0.1) is 0 Å². The number of aliphatic hydroxyl groups excluding tert-OH is 1. The Morgan fingerprint density at radius 1 is 1.38 bits per heavy atom. The van der Waals surface area contributed by atoms with Crippen LogP contribution < -0.4 is 15.4 Å². The Morgan fingerprint density at radius 3 is 2.90 bits per heavy atom. The summed E-state index contributed by atoms with van der Waals surface area (Å²) in [4.78, 5) is 11.8. The SMILES string of the molecule is COc1ccccc1NCC(=O)NC[C@H](O)c1ccsc1. The van der Waals surface area contributed by atoms with E-state index in [1.807, 2.05) is 41.1 Å². The van der Waals surface area contributed by atoms with E-state index in [1.54, 1.807) is 7.11 Å². The molecule has 21 heavy (non-hydrogen) atoms. The lowest BCUT2D eigenvalue weighted by Gasteiger charge is -2.13. The minimum atomic E-state index is -0.675. The summed E-state index contributed by atoms with van der Waals surface area (Å²) in [7, 11) is 1.58. The molecule has 0 unspecified atom stereocenters. The smallest absolute Gasteiger partial charge is 0.239 e. The van der Waals surface area contributed by atoms with Gasteiger partial charge in [0.05, 0.1) is 25.4 Å². The van der Waals surface area contributed by atoms with Gasteiger partial charge in [-0.2, -0.15) is 11.3 Å². The van der Waals surface area contributed by atoms with Crippen LogP contribution in [0.15, 0.2) is 41.1 Å². The summed E-state index contributed by atoms with van der Waals surface area (Å²) in [5, 5.41) is 19.3. The van der Waals surface area contributed by atoms with Crippen molar-refractivity contribution in [3.8, 4) is 5.75 Å². The van der Waals surface area contributed by atoms with Crippen LogP contribution in [0.25, 0.3) is 0 Å². The second-order valence-electron chi connectivity index (χ2n) is 4.43. The van der Waals surface area contributed by atoms with E-state index in [0.717, 1.165) is 11.3 Å². The molecule has 3 N–H and O–H groups in total. The van der Waals surface area contributed by atoms with Crippen LogP contribution in [-0.4, -0.2) is 31.2 Å². The molecule has 0 bridgehead atoms. The van der Waals surface area contributed by atoms with Gasteiger partial charge in [0.1, 0.15) is 5.75 Å². The van der Waals surface area contributed by atoms with Crippen molar-refractivity contribution in [2.24, 2.45) is 0 Å². The largest absolute Gasteiger partial charge is 0.495 e. The highest BCUT2D eigenvalue weighted by molar-refractivity contribution is 7.07. The van der Waals surface area contributed by atoms with Crippen molar-refractivity contribution in [3.05, 3.63) is 46.7 Å². The summed E-state index contributed by atoms with van der Waals surface area (Å²) in [5.41, 5.74) is 1.58. The molecule has 2 rings (SSSR count). The molecule has 1 aromatic heterocycles. The first-order chi connectivity index (χ1) is 10.2. The number of methoxy groups -OCH3 is 1. The molecule has 1 atom stereocenters. The van der Waals surface area contributed by atoms with Gasteiger partial charge in [0.2, 0.25) is 5.91 Å². The zero-order valence-electron chi connectivity index (χ0n) is 11.7. The summed E-state index contributed by atoms with van der Waals surface area (Å²) >= 11 is 1.51. The van der Waals surface area contributed by atoms with Gasteiger partial charge in [-0.05, 0) is 34.5 Å². The molecule has 0 aliphatic carbocycles. The predicted molar refractivity (Wildman–Crippen MR) is 83.8 cm³/mol.